The number of hydrogen-bond donors (Lipinski definition) is 1. The van der Waals surface area contributed by atoms with E-state index in [9.17, 15) is 4.79 Å². The van der Waals surface area contributed by atoms with E-state index in [1.165, 1.54) is 20.5 Å². The van der Waals surface area contributed by atoms with Crippen molar-refractivity contribution in [3.8, 4) is 0 Å². The smallest absolute Gasteiger partial charge is 0.246 e. The van der Waals surface area contributed by atoms with Gasteiger partial charge in [0.05, 0.1) is 6.54 Å². The Balaban J connectivity index is 1.40. The SMILES string of the molecule is Cc1c(CN(C)C(=O)/C=C/c2cnc(N)c(CN3CCN(C)CC3)c2)sc2ccccc12. The molecule has 32 heavy (non-hydrogen) atoms. The summed E-state index contributed by atoms with van der Waals surface area (Å²) in [6, 6.07) is 10.4. The number of likely N-dealkylation sites (N-methyl/N-ethyl adjacent to an activating group) is 2. The van der Waals surface area contributed by atoms with Crippen molar-refractivity contribution in [2.75, 3.05) is 46.0 Å². The van der Waals surface area contributed by atoms with Crippen LogP contribution in [0.3, 0.4) is 0 Å². The standard InChI is InChI=1S/C25H31N5OS/c1-18-21-6-4-5-7-22(21)32-23(18)17-29(3)24(31)9-8-19-14-20(25(26)27-15-19)16-30-12-10-28(2)11-13-30/h4-9,14-15H,10-13,16-17H2,1-3H3,(H2,26,27)/b9-8+. The molecule has 1 aromatic carbocycles. The van der Waals surface area contributed by atoms with E-state index < -0.39 is 0 Å². The summed E-state index contributed by atoms with van der Waals surface area (Å²) >= 11 is 1.75. The number of hydrogen-bond acceptors (Lipinski definition) is 6. The van der Waals surface area contributed by atoms with E-state index in [0.717, 1.165) is 43.9 Å². The molecule has 6 nitrogen and oxygen atoms in total. The summed E-state index contributed by atoms with van der Waals surface area (Å²) in [4.78, 5) is 24.8. The number of nitrogen functional groups attached to an aromatic ring is 1. The second-order valence-electron chi connectivity index (χ2n) is 8.57. The monoisotopic (exact) mass is 449 g/mol. The number of thiophene rings is 1. The lowest BCUT2D eigenvalue weighted by Crippen LogP contribution is -2.44. The molecule has 1 saturated heterocycles. The van der Waals surface area contributed by atoms with Crippen molar-refractivity contribution in [2.24, 2.45) is 0 Å². The van der Waals surface area contributed by atoms with Crippen molar-refractivity contribution in [3.63, 3.8) is 0 Å². The number of pyridine rings is 1. The van der Waals surface area contributed by atoms with Gasteiger partial charge in [0.2, 0.25) is 5.91 Å². The number of rotatable bonds is 6. The van der Waals surface area contributed by atoms with Gasteiger partial charge in [0, 0.05) is 67.2 Å². The molecule has 0 radical (unpaired) electrons. The molecule has 168 valence electrons. The molecule has 4 rings (SSSR count). The van der Waals surface area contributed by atoms with Gasteiger partial charge in [0.15, 0.2) is 0 Å². The van der Waals surface area contributed by atoms with Crippen molar-refractivity contribution < 1.29 is 4.79 Å². The average Bonchev–Trinajstić information content (AvgIpc) is 3.11. The van der Waals surface area contributed by atoms with E-state index in [-0.39, 0.29) is 5.91 Å². The van der Waals surface area contributed by atoms with Crippen LogP contribution in [0.4, 0.5) is 5.82 Å². The van der Waals surface area contributed by atoms with E-state index in [0.29, 0.717) is 12.4 Å². The van der Waals surface area contributed by atoms with Crippen LogP contribution < -0.4 is 5.73 Å². The van der Waals surface area contributed by atoms with E-state index in [1.54, 1.807) is 28.5 Å². The molecule has 3 aromatic rings. The summed E-state index contributed by atoms with van der Waals surface area (Å²) in [7, 11) is 3.99. The number of piperazine rings is 1. The van der Waals surface area contributed by atoms with Crippen LogP contribution in [0.2, 0.25) is 0 Å². The van der Waals surface area contributed by atoms with E-state index >= 15 is 0 Å². The number of fused-ring (bicyclic) bond motifs is 1. The minimum absolute atomic E-state index is 0.0284. The fourth-order valence-electron chi connectivity index (χ4n) is 3.97. The van der Waals surface area contributed by atoms with E-state index in [4.69, 9.17) is 5.73 Å². The first-order valence-electron chi connectivity index (χ1n) is 11.0. The molecule has 0 spiro atoms. The van der Waals surface area contributed by atoms with Crippen LogP contribution >= 0.6 is 11.3 Å². The Morgan fingerprint density at radius 3 is 2.75 bits per heavy atom. The number of nitrogens with zero attached hydrogens (tertiary/aromatic N) is 4. The average molecular weight is 450 g/mol. The van der Waals surface area contributed by atoms with Crippen LogP contribution in [-0.2, 0) is 17.9 Å². The van der Waals surface area contributed by atoms with Gasteiger partial charge in [-0.2, -0.15) is 0 Å². The topological polar surface area (TPSA) is 65.7 Å². The summed E-state index contributed by atoms with van der Waals surface area (Å²) in [5, 5.41) is 1.27. The summed E-state index contributed by atoms with van der Waals surface area (Å²) in [6.07, 6.45) is 5.18. The highest BCUT2D eigenvalue weighted by molar-refractivity contribution is 7.19. The third kappa shape index (κ3) is 5.18. The molecule has 0 aliphatic carbocycles. The van der Waals surface area contributed by atoms with Crippen LogP contribution in [0.1, 0.15) is 21.6 Å². The predicted molar refractivity (Wildman–Crippen MR) is 133 cm³/mol. The zero-order valence-electron chi connectivity index (χ0n) is 19.0. The first-order valence-corrected chi connectivity index (χ1v) is 11.8. The van der Waals surface area contributed by atoms with Crippen molar-refractivity contribution >= 4 is 39.2 Å². The Bertz CT molecular complexity index is 1130. The quantitative estimate of drug-likeness (QED) is 0.583. The lowest BCUT2D eigenvalue weighted by molar-refractivity contribution is -0.125. The van der Waals surface area contributed by atoms with Crippen LogP contribution in [-0.4, -0.2) is 65.9 Å². The van der Waals surface area contributed by atoms with Gasteiger partial charge in [-0.05, 0) is 48.7 Å². The predicted octanol–water partition coefficient (Wildman–Crippen LogP) is 3.61. The molecular weight excluding hydrogens is 418 g/mol. The third-order valence-electron chi connectivity index (χ3n) is 6.13. The second-order valence-corrected chi connectivity index (χ2v) is 9.70. The highest BCUT2D eigenvalue weighted by Crippen LogP contribution is 2.31. The van der Waals surface area contributed by atoms with Gasteiger partial charge in [-0.1, -0.05) is 18.2 Å². The third-order valence-corrected chi connectivity index (χ3v) is 7.39. The van der Waals surface area contributed by atoms with Gasteiger partial charge in [0.1, 0.15) is 5.82 Å². The van der Waals surface area contributed by atoms with Gasteiger partial charge in [-0.25, -0.2) is 4.98 Å². The zero-order chi connectivity index (χ0) is 22.7. The molecular formula is C25H31N5OS. The normalized spacial score (nSPS) is 15.6. The molecule has 2 N–H and O–H groups in total. The number of carbonyl (C=O) groups is 1. The zero-order valence-corrected chi connectivity index (χ0v) is 19.9. The van der Waals surface area contributed by atoms with E-state index in [2.05, 4.69) is 53.0 Å². The Labute approximate surface area is 193 Å². The van der Waals surface area contributed by atoms with Gasteiger partial charge in [-0.3, -0.25) is 9.69 Å². The van der Waals surface area contributed by atoms with Crippen LogP contribution in [0.25, 0.3) is 16.2 Å². The molecule has 1 amide bonds. The second kappa shape index (κ2) is 9.81. The summed E-state index contributed by atoms with van der Waals surface area (Å²) in [5.74, 6) is 0.532. The van der Waals surface area contributed by atoms with Gasteiger partial charge < -0.3 is 15.5 Å². The minimum atomic E-state index is -0.0284. The fraction of sp³-hybridized carbons (Fsp3) is 0.360. The Hall–Kier alpha value is -2.74. The van der Waals surface area contributed by atoms with E-state index in [1.807, 2.05) is 19.2 Å². The first kappa shape index (κ1) is 22.5. The summed E-state index contributed by atoms with van der Waals surface area (Å²) < 4.78 is 1.26. The van der Waals surface area contributed by atoms with Crippen molar-refractivity contribution in [2.45, 2.75) is 20.0 Å². The summed E-state index contributed by atoms with van der Waals surface area (Å²) in [6.45, 7) is 7.69. The molecule has 2 aromatic heterocycles. The molecule has 3 heterocycles. The van der Waals surface area contributed by atoms with Gasteiger partial charge in [-0.15, -0.1) is 11.3 Å². The Morgan fingerprint density at radius 2 is 2.00 bits per heavy atom. The van der Waals surface area contributed by atoms with Gasteiger partial charge >= 0.3 is 0 Å². The molecule has 0 bridgehead atoms. The van der Waals surface area contributed by atoms with Crippen molar-refractivity contribution in [3.05, 3.63) is 64.2 Å². The van der Waals surface area contributed by atoms with Crippen LogP contribution in [0, 0.1) is 6.92 Å². The highest BCUT2D eigenvalue weighted by Gasteiger charge is 2.16. The molecule has 1 aliphatic heterocycles. The Kier molecular flexibility index (Phi) is 6.89. The number of benzene rings is 1. The first-order chi connectivity index (χ1) is 15.4. The maximum atomic E-state index is 12.7. The highest BCUT2D eigenvalue weighted by atomic mass is 32.1. The number of amides is 1. The lowest BCUT2D eigenvalue weighted by atomic mass is 10.1. The number of carbonyl (C=O) groups excluding carboxylic acids is 1. The number of nitrogens with two attached hydrogens (primary N) is 1. The Morgan fingerprint density at radius 1 is 1.25 bits per heavy atom. The maximum absolute atomic E-state index is 12.7. The molecule has 7 heteroatoms. The van der Waals surface area contributed by atoms with Crippen molar-refractivity contribution in [1.82, 2.24) is 19.7 Å². The van der Waals surface area contributed by atoms with Crippen molar-refractivity contribution in [1.29, 1.82) is 0 Å². The fourth-order valence-corrected chi connectivity index (χ4v) is 5.23. The molecule has 1 fully saturated rings. The van der Waals surface area contributed by atoms with Crippen LogP contribution in [0.15, 0.2) is 42.6 Å². The number of anilines is 1. The molecule has 0 saturated carbocycles. The molecule has 1 aliphatic rings. The summed E-state index contributed by atoms with van der Waals surface area (Å²) in [5.41, 5.74) is 9.28. The largest absolute Gasteiger partial charge is 0.383 e. The van der Waals surface area contributed by atoms with Gasteiger partial charge in [0.25, 0.3) is 0 Å². The maximum Gasteiger partial charge on any atom is 0.246 e. The number of aromatic nitrogens is 1. The molecule has 0 atom stereocenters. The number of aryl methyl sites for hydroxylation is 1. The lowest BCUT2D eigenvalue weighted by Gasteiger charge is -2.32. The minimum Gasteiger partial charge on any atom is -0.383 e. The molecule has 0 unspecified atom stereocenters. The van der Waals surface area contributed by atoms with Crippen LogP contribution in [0.5, 0.6) is 0 Å².